The Labute approximate surface area is 140 Å². The number of aryl methyl sites for hydroxylation is 1. The third-order valence-electron chi connectivity index (χ3n) is 3.90. The molecule has 0 unspecified atom stereocenters. The molecule has 0 spiro atoms. The van der Waals surface area contributed by atoms with Crippen molar-refractivity contribution in [3.8, 4) is 5.75 Å². The Morgan fingerprint density at radius 2 is 2.12 bits per heavy atom. The van der Waals surface area contributed by atoms with Crippen LogP contribution in [0.2, 0.25) is 0 Å². The molecule has 0 radical (unpaired) electrons. The van der Waals surface area contributed by atoms with Gasteiger partial charge in [-0.05, 0) is 12.1 Å². The molecule has 24 heavy (non-hydrogen) atoms. The summed E-state index contributed by atoms with van der Waals surface area (Å²) >= 11 is 0. The summed E-state index contributed by atoms with van der Waals surface area (Å²) < 4.78 is 11.0. The lowest BCUT2D eigenvalue weighted by atomic mass is 10.1. The van der Waals surface area contributed by atoms with E-state index in [0.29, 0.717) is 31.2 Å². The van der Waals surface area contributed by atoms with Crippen LogP contribution in [-0.4, -0.2) is 45.2 Å². The smallest absolute Gasteiger partial charge is 0.317 e. The molecule has 2 amide bonds. The van der Waals surface area contributed by atoms with E-state index >= 15 is 0 Å². The maximum Gasteiger partial charge on any atom is 0.317 e. The molecule has 8 heteroatoms. The van der Waals surface area contributed by atoms with Gasteiger partial charge in [0.15, 0.2) is 5.82 Å². The van der Waals surface area contributed by atoms with Crippen LogP contribution >= 0.6 is 0 Å². The summed E-state index contributed by atoms with van der Waals surface area (Å²) in [5, 5.41) is 6.62. The Morgan fingerprint density at radius 1 is 1.38 bits per heavy atom. The van der Waals surface area contributed by atoms with Crippen molar-refractivity contribution in [2.75, 3.05) is 13.1 Å². The first-order valence-electron chi connectivity index (χ1n) is 8.15. The number of carbonyl (C=O) groups is 1. The fourth-order valence-electron chi connectivity index (χ4n) is 2.55. The van der Waals surface area contributed by atoms with Crippen molar-refractivity contribution >= 4 is 6.03 Å². The van der Waals surface area contributed by atoms with Crippen LogP contribution in [-0.2, 0) is 13.0 Å². The number of hydrogen-bond donors (Lipinski definition) is 1. The van der Waals surface area contributed by atoms with Crippen molar-refractivity contribution < 1.29 is 14.1 Å². The minimum atomic E-state index is -0.117. The highest BCUT2D eigenvalue weighted by Crippen LogP contribution is 2.18. The lowest BCUT2D eigenvalue weighted by Crippen LogP contribution is -2.46. The van der Waals surface area contributed by atoms with E-state index in [1.165, 1.54) is 0 Å². The second-order valence-electron chi connectivity index (χ2n) is 5.60. The van der Waals surface area contributed by atoms with Crippen LogP contribution in [0.1, 0.15) is 31.5 Å². The number of likely N-dealkylation sites (tertiary alicyclic amines) is 1. The van der Waals surface area contributed by atoms with Gasteiger partial charge in [-0.25, -0.2) is 4.79 Å². The molecule has 1 aliphatic heterocycles. The Morgan fingerprint density at radius 3 is 2.79 bits per heavy atom. The average molecular weight is 331 g/mol. The molecule has 8 nitrogen and oxygen atoms in total. The van der Waals surface area contributed by atoms with Gasteiger partial charge in [0.1, 0.15) is 11.9 Å². The first kappa shape index (κ1) is 16.2. The van der Waals surface area contributed by atoms with Gasteiger partial charge in [-0.2, -0.15) is 4.98 Å². The van der Waals surface area contributed by atoms with Gasteiger partial charge >= 0.3 is 6.03 Å². The highest BCUT2D eigenvalue weighted by Gasteiger charge is 2.24. The number of carbonyl (C=O) groups excluding carboxylic acids is 1. The highest BCUT2D eigenvalue weighted by atomic mass is 16.5. The normalized spacial score (nSPS) is 15.3. The Balaban J connectivity index is 1.41. The lowest BCUT2D eigenvalue weighted by Gasteiger charge is -2.32. The summed E-state index contributed by atoms with van der Waals surface area (Å²) in [6.07, 6.45) is 5.85. The van der Waals surface area contributed by atoms with Crippen LogP contribution in [0.15, 0.2) is 29.0 Å². The van der Waals surface area contributed by atoms with Crippen molar-refractivity contribution in [1.82, 2.24) is 25.3 Å². The van der Waals surface area contributed by atoms with E-state index in [2.05, 4.69) is 20.4 Å². The van der Waals surface area contributed by atoms with Gasteiger partial charge in [-0.3, -0.25) is 4.98 Å². The van der Waals surface area contributed by atoms with Crippen LogP contribution in [0.3, 0.4) is 0 Å². The monoisotopic (exact) mass is 331 g/mol. The van der Waals surface area contributed by atoms with Gasteiger partial charge in [-0.15, -0.1) is 0 Å². The SMILES string of the molecule is CCc1noc(CNC(=O)N2CCC(Oc3ccncc3)CC2)n1. The van der Waals surface area contributed by atoms with Crippen molar-refractivity contribution in [2.24, 2.45) is 0 Å². The molecule has 1 N–H and O–H groups in total. The number of hydrogen-bond acceptors (Lipinski definition) is 6. The zero-order chi connectivity index (χ0) is 16.8. The molecule has 0 saturated carbocycles. The number of ether oxygens (including phenoxy) is 1. The van der Waals surface area contributed by atoms with Gasteiger partial charge in [0.25, 0.3) is 0 Å². The molecule has 0 aromatic carbocycles. The van der Waals surface area contributed by atoms with E-state index in [1.54, 1.807) is 17.3 Å². The average Bonchev–Trinajstić information content (AvgIpc) is 3.09. The summed E-state index contributed by atoms with van der Waals surface area (Å²) in [7, 11) is 0. The van der Waals surface area contributed by atoms with Gasteiger partial charge in [-0.1, -0.05) is 12.1 Å². The number of pyridine rings is 1. The first-order valence-corrected chi connectivity index (χ1v) is 8.15. The summed E-state index contributed by atoms with van der Waals surface area (Å²) in [5.74, 6) is 1.89. The lowest BCUT2D eigenvalue weighted by molar-refractivity contribution is 0.110. The third kappa shape index (κ3) is 4.21. The Bertz CT molecular complexity index is 653. The van der Waals surface area contributed by atoms with Crippen molar-refractivity contribution in [3.05, 3.63) is 36.2 Å². The molecule has 1 saturated heterocycles. The maximum absolute atomic E-state index is 12.2. The maximum atomic E-state index is 12.2. The van der Waals surface area contributed by atoms with Crippen molar-refractivity contribution in [3.63, 3.8) is 0 Å². The highest BCUT2D eigenvalue weighted by molar-refractivity contribution is 5.74. The molecule has 0 aliphatic carbocycles. The number of rotatable bonds is 5. The largest absolute Gasteiger partial charge is 0.490 e. The van der Waals surface area contributed by atoms with E-state index in [-0.39, 0.29) is 18.7 Å². The summed E-state index contributed by atoms with van der Waals surface area (Å²) in [4.78, 5) is 22.1. The number of nitrogens with one attached hydrogen (secondary N) is 1. The Kier molecular flexibility index (Phi) is 5.25. The van der Waals surface area contributed by atoms with Gasteiger partial charge in [0.05, 0.1) is 6.54 Å². The zero-order valence-electron chi connectivity index (χ0n) is 13.6. The first-order chi connectivity index (χ1) is 11.7. The predicted octanol–water partition coefficient (Wildman–Crippen LogP) is 1.78. The molecule has 3 rings (SSSR count). The standard InChI is InChI=1S/C16H21N5O3/c1-2-14-19-15(24-20-14)11-18-16(22)21-9-5-13(6-10-21)23-12-3-7-17-8-4-12/h3-4,7-8,13H,2,5-6,9-11H2,1H3,(H,18,22). The van der Waals surface area contributed by atoms with E-state index in [0.717, 1.165) is 18.6 Å². The van der Waals surface area contributed by atoms with Crippen molar-refractivity contribution in [2.45, 2.75) is 38.8 Å². The zero-order valence-corrected chi connectivity index (χ0v) is 13.6. The quantitative estimate of drug-likeness (QED) is 0.897. The topological polar surface area (TPSA) is 93.4 Å². The second-order valence-corrected chi connectivity index (χ2v) is 5.60. The molecule has 1 aliphatic rings. The van der Waals surface area contributed by atoms with Crippen molar-refractivity contribution in [1.29, 1.82) is 0 Å². The molecular weight excluding hydrogens is 310 g/mol. The third-order valence-corrected chi connectivity index (χ3v) is 3.90. The Hall–Kier alpha value is -2.64. The second kappa shape index (κ2) is 7.76. The fourth-order valence-corrected chi connectivity index (χ4v) is 2.55. The summed E-state index contributed by atoms with van der Waals surface area (Å²) in [6.45, 7) is 3.52. The van der Waals surface area contributed by atoms with Gasteiger partial charge in [0.2, 0.25) is 5.89 Å². The van der Waals surface area contributed by atoms with E-state index in [1.807, 2.05) is 19.1 Å². The molecule has 3 heterocycles. The molecule has 0 atom stereocenters. The predicted molar refractivity (Wildman–Crippen MR) is 85.4 cm³/mol. The van der Waals surface area contributed by atoms with Crippen LogP contribution in [0.25, 0.3) is 0 Å². The minimum Gasteiger partial charge on any atom is -0.490 e. The van der Waals surface area contributed by atoms with Crippen LogP contribution in [0, 0.1) is 0 Å². The fraction of sp³-hybridized carbons (Fsp3) is 0.500. The molecule has 0 bridgehead atoms. The van der Waals surface area contributed by atoms with E-state index < -0.39 is 0 Å². The van der Waals surface area contributed by atoms with Crippen LogP contribution in [0.5, 0.6) is 5.75 Å². The number of amides is 2. The molecule has 1 fully saturated rings. The van der Waals surface area contributed by atoms with Gasteiger partial charge in [0, 0.05) is 44.7 Å². The molecule has 128 valence electrons. The minimum absolute atomic E-state index is 0.117. The number of urea groups is 1. The number of piperidine rings is 1. The molecule has 2 aromatic heterocycles. The summed E-state index contributed by atoms with van der Waals surface area (Å²) in [6, 6.07) is 3.57. The molecular formula is C16H21N5O3. The molecule has 2 aromatic rings. The van der Waals surface area contributed by atoms with E-state index in [9.17, 15) is 4.79 Å². The van der Waals surface area contributed by atoms with E-state index in [4.69, 9.17) is 9.26 Å². The summed E-state index contributed by atoms with van der Waals surface area (Å²) in [5.41, 5.74) is 0. The number of nitrogens with zero attached hydrogens (tertiary/aromatic N) is 4. The number of aromatic nitrogens is 3. The van der Waals surface area contributed by atoms with Crippen LogP contribution < -0.4 is 10.1 Å². The van der Waals surface area contributed by atoms with Crippen LogP contribution in [0.4, 0.5) is 4.79 Å². The van der Waals surface area contributed by atoms with Gasteiger partial charge < -0.3 is 19.5 Å².